The molecule has 0 spiro atoms. The van der Waals surface area contributed by atoms with Gasteiger partial charge in [-0.1, -0.05) is 34.1 Å². The summed E-state index contributed by atoms with van der Waals surface area (Å²) in [5.74, 6) is -0.263. The van der Waals surface area contributed by atoms with Crippen LogP contribution in [0.3, 0.4) is 0 Å². The van der Waals surface area contributed by atoms with Crippen LogP contribution >= 0.6 is 27.5 Å². The third-order valence-electron chi connectivity index (χ3n) is 1.44. The molecule has 1 aromatic rings. The average molecular weight is 263 g/mol. The summed E-state index contributed by atoms with van der Waals surface area (Å²) in [4.78, 5) is 0. The summed E-state index contributed by atoms with van der Waals surface area (Å²) in [6.45, 7) is 3.54. The van der Waals surface area contributed by atoms with Gasteiger partial charge in [0.1, 0.15) is 5.82 Å². The Balaban J connectivity index is 2.71. The molecule has 0 amide bonds. The summed E-state index contributed by atoms with van der Waals surface area (Å²) in [5, 5.41) is 0.542. The molecule has 0 N–H and O–H groups in total. The van der Waals surface area contributed by atoms with Crippen LogP contribution in [0.5, 0.6) is 0 Å². The van der Waals surface area contributed by atoms with Crippen LogP contribution in [0.25, 0.3) is 0 Å². The van der Waals surface area contributed by atoms with Crippen LogP contribution in [0, 0.1) is 12.2 Å². The van der Waals surface area contributed by atoms with E-state index in [1.807, 2.05) is 12.5 Å². The van der Waals surface area contributed by atoms with Crippen molar-refractivity contribution in [3.63, 3.8) is 0 Å². The van der Waals surface area contributed by atoms with Crippen molar-refractivity contribution in [2.75, 3.05) is 0 Å². The summed E-state index contributed by atoms with van der Waals surface area (Å²) >= 11 is 8.78. The molecule has 69 valence electrons. The summed E-state index contributed by atoms with van der Waals surface area (Å²) in [7, 11) is 0. The largest absolute Gasteiger partial charge is 0.207 e. The Labute approximate surface area is 90.5 Å². The fraction of sp³-hybridized carbons (Fsp3) is 0.100. The van der Waals surface area contributed by atoms with Gasteiger partial charge < -0.3 is 0 Å². The first kappa shape index (κ1) is 10.7. The highest BCUT2D eigenvalue weighted by molar-refractivity contribution is 9.10. The Hall–Kier alpha value is -0.340. The van der Waals surface area contributed by atoms with E-state index in [-0.39, 0.29) is 5.82 Å². The number of hydrogen-bond acceptors (Lipinski definition) is 0. The standard InChI is InChI=1S/C10H8BrClF/c1-7(12)2-3-8-4-9(11)6-10(13)5-8/h3-6H,1-2H2. The second-order valence-corrected chi connectivity index (χ2v) is 4.08. The van der Waals surface area contributed by atoms with Gasteiger partial charge in [0.25, 0.3) is 0 Å². The van der Waals surface area contributed by atoms with Crippen molar-refractivity contribution in [3.05, 3.63) is 52.1 Å². The van der Waals surface area contributed by atoms with Crippen LogP contribution in [0.15, 0.2) is 34.3 Å². The van der Waals surface area contributed by atoms with E-state index in [0.29, 0.717) is 11.5 Å². The molecule has 1 aromatic carbocycles. The summed E-state index contributed by atoms with van der Waals surface area (Å²) < 4.78 is 13.6. The van der Waals surface area contributed by atoms with Gasteiger partial charge in [0.15, 0.2) is 0 Å². The fourth-order valence-corrected chi connectivity index (χ4v) is 1.48. The predicted molar refractivity (Wildman–Crippen MR) is 57.1 cm³/mol. The van der Waals surface area contributed by atoms with Crippen molar-refractivity contribution in [2.24, 2.45) is 0 Å². The van der Waals surface area contributed by atoms with E-state index in [2.05, 4.69) is 22.5 Å². The van der Waals surface area contributed by atoms with E-state index in [0.717, 1.165) is 10.0 Å². The minimum absolute atomic E-state index is 0.263. The molecule has 0 heterocycles. The van der Waals surface area contributed by atoms with Gasteiger partial charge >= 0.3 is 0 Å². The minimum atomic E-state index is -0.263. The maximum Gasteiger partial charge on any atom is 0.124 e. The molecule has 13 heavy (non-hydrogen) atoms. The third-order valence-corrected chi connectivity index (χ3v) is 2.06. The maximum atomic E-state index is 12.8. The van der Waals surface area contributed by atoms with Crippen molar-refractivity contribution in [2.45, 2.75) is 6.42 Å². The molecule has 0 saturated heterocycles. The molecular weight excluding hydrogens is 254 g/mol. The van der Waals surface area contributed by atoms with E-state index in [9.17, 15) is 4.39 Å². The zero-order valence-corrected chi connectivity index (χ0v) is 9.20. The van der Waals surface area contributed by atoms with Crippen LogP contribution in [0.2, 0.25) is 0 Å². The lowest BCUT2D eigenvalue weighted by atomic mass is 10.1. The molecule has 0 aliphatic carbocycles. The third kappa shape index (κ3) is 3.92. The molecule has 0 saturated carbocycles. The number of benzene rings is 1. The Bertz CT molecular complexity index is 302. The number of rotatable bonds is 3. The number of hydrogen-bond donors (Lipinski definition) is 0. The lowest BCUT2D eigenvalue weighted by Gasteiger charge is -2.00. The zero-order chi connectivity index (χ0) is 9.84. The van der Waals surface area contributed by atoms with Gasteiger partial charge in [0.05, 0.1) is 0 Å². The maximum absolute atomic E-state index is 12.8. The molecule has 0 nitrogen and oxygen atoms in total. The second kappa shape index (κ2) is 4.77. The molecule has 0 aliphatic rings. The first-order valence-electron chi connectivity index (χ1n) is 3.70. The van der Waals surface area contributed by atoms with E-state index < -0.39 is 0 Å². The van der Waals surface area contributed by atoms with Gasteiger partial charge in [-0.3, -0.25) is 0 Å². The smallest absolute Gasteiger partial charge is 0.124 e. The van der Waals surface area contributed by atoms with Gasteiger partial charge in [-0.05, 0) is 36.6 Å². The highest BCUT2D eigenvalue weighted by Crippen LogP contribution is 2.19. The van der Waals surface area contributed by atoms with E-state index in [1.54, 1.807) is 0 Å². The van der Waals surface area contributed by atoms with Crippen LogP contribution in [-0.2, 0) is 0 Å². The van der Waals surface area contributed by atoms with Crippen molar-refractivity contribution in [1.82, 2.24) is 0 Å². The molecule has 1 radical (unpaired) electrons. The van der Waals surface area contributed by atoms with Gasteiger partial charge in [0.2, 0.25) is 0 Å². The fourth-order valence-electron chi connectivity index (χ4n) is 0.922. The Morgan fingerprint density at radius 2 is 2.23 bits per heavy atom. The first-order chi connectivity index (χ1) is 6.08. The van der Waals surface area contributed by atoms with Gasteiger partial charge in [-0.25, -0.2) is 4.39 Å². The van der Waals surface area contributed by atoms with Gasteiger partial charge in [-0.2, -0.15) is 0 Å². The monoisotopic (exact) mass is 261 g/mol. The molecule has 0 unspecified atom stereocenters. The van der Waals surface area contributed by atoms with Crippen molar-refractivity contribution in [3.8, 4) is 0 Å². The highest BCUT2D eigenvalue weighted by Gasteiger charge is 1.99. The van der Waals surface area contributed by atoms with Gasteiger partial charge in [-0.15, -0.1) is 0 Å². The van der Waals surface area contributed by atoms with Crippen LogP contribution in [-0.4, -0.2) is 0 Å². The topological polar surface area (TPSA) is 0 Å². The minimum Gasteiger partial charge on any atom is -0.207 e. The SMILES string of the molecule is C=C(Cl)C[CH]c1cc(F)cc(Br)c1. The lowest BCUT2D eigenvalue weighted by Crippen LogP contribution is -1.84. The van der Waals surface area contributed by atoms with Crippen molar-refractivity contribution < 1.29 is 4.39 Å². The van der Waals surface area contributed by atoms with Crippen molar-refractivity contribution >= 4 is 27.5 Å². The molecule has 3 heteroatoms. The second-order valence-electron chi connectivity index (χ2n) is 2.63. The Morgan fingerprint density at radius 1 is 1.54 bits per heavy atom. The van der Waals surface area contributed by atoms with E-state index >= 15 is 0 Å². The highest BCUT2D eigenvalue weighted by atomic mass is 79.9. The normalized spacial score (nSPS) is 10.1. The zero-order valence-electron chi connectivity index (χ0n) is 6.86. The summed E-state index contributed by atoms with van der Waals surface area (Å²) in [5.41, 5.74) is 0.800. The average Bonchev–Trinajstić information content (AvgIpc) is 1.99. The predicted octanol–water partition coefficient (Wildman–Crippen LogP) is 4.28. The quantitative estimate of drug-likeness (QED) is 0.762. The first-order valence-corrected chi connectivity index (χ1v) is 4.87. The number of halogens is 3. The summed E-state index contributed by atoms with van der Waals surface area (Å²) in [6.07, 6.45) is 2.38. The van der Waals surface area contributed by atoms with Crippen LogP contribution < -0.4 is 0 Å². The molecule has 0 fully saturated rings. The Kier molecular flexibility index (Phi) is 3.94. The van der Waals surface area contributed by atoms with Gasteiger partial charge in [0, 0.05) is 9.51 Å². The van der Waals surface area contributed by atoms with E-state index in [1.165, 1.54) is 12.1 Å². The van der Waals surface area contributed by atoms with Crippen molar-refractivity contribution in [1.29, 1.82) is 0 Å². The lowest BCUT2D eigenvalue weighted by molar-refractivity contribution is 0.626. The molecule has 0 aromatic heterocycles. The van der Waals surface area contributed by atoms with Crippen LogP contribution in [0.4, 0.5) is 4.39 Å². The molecule has 0 bridgehead atoms. The summed E-state index contributed by atoms with van der Waals surface area (Å²) in [6, 6.07) is 4.68. The van der Waals surface area contributed by atoms with Crippen LogP contribution in [0.1, 0.15) is 12.0 Å². The Morgan fingerprint density at radius 3 is 2.77 bits per heavy atom. The molecular formula is C10H8BrClF. The molecule has 1 rings (SSSR count). The van der Waals surface area contributed by atoms with E-state index in [4.69, 9.17) is 11.6 Å². The molecule has 0 aliphatic heterocycles. The number of allylic oxidation sites excluding steroid dienone is 1. The molecule has 0 atom stereocenters.